The molecule has 670 valence electrons. The Morgan fingerprint density at radius 1 is 0.333 bits per heavy atom. The van der Waals surface area contributed by atoms with Crippen LogP contribution in [-0.2, 0) is 38.2 Å². The van der Waals surface area contributed by atoms with Crippen molar-refractivity contribution in [2.45, 2.75) is 111 Å². The topological polar surface area (TPSA) is 375 Å². The van der Waals surface area contributed by atoms with Gasteiger partial charge in [0, 0.05) is 164 Å². The number of carboxylic acids is 1. The second kappa shape index (κ2) is 52.0. The van der Waals surface area contributed by atoms with Crippen LogP contribution < -0.4 is 46.6 Å². The number of anilines is 8. The summed E-state index contributed by atoms with van der Waals surface area (Å²) in [6.45, 7) is 19.9. The lowest BCUT2D eigenvalue weighted by Crippen LogP contribution is -2.50. The summed E-state index contributed by atoms with van der Waals surface area (Å²) in [5.41, 5.74) is 13.6. The number of esters is 2. The molecule has 0 radical (unpaired) electrons. The molecule has 4 aromatic heterocycles. The predicted molar refractivity (Wildman–Crippen MR) is 496 cm³/mol. The fourth-order valence-electron chi connectivity index (χ4n) is 13.7. The Kier molecular flexibility index (Phi) is 42.1. The molecule has 4 fully saturated rings. The first-order valence-corrected chi connectivity index (χ1v) is 41.2. The van der Waals surface area contributed by atoms with E-state index in [1.165, 1.54) is 19.3 Å². The number of piperidine rings is 1. The van der Waals surface area contributed by atoms with E-state index in [2.05, 4.69) is 60.8 Å². The number of carboxylic acid groups (broad SMARTS) is 1. The van der Waals surface area contributed by atoms with Crippen LogP contribution in [0.2, 0.25) is 0 Å². The van der Waals surface area contributed by atoms with Crippen molar-refractivity contribution in [1.82, 2.24) is 34.6 Å². The molecule has 0 spiro atoms. The number of carbonyl (C=O) groups is 11. The summed E-state index contributed by atoms with van der Waals surface area (Å²) in [4.78, 5) is 163. The molecule has 0 unspecified atom stereocenters. The first-order valence-electron chi connectivity index (χ1n) is 41.2. The van der Waals surface area contributed by atoms with Crippen molar-refractivity contribution in [3.63, 3.8) is 0 Å². The van der Waals surface area contributed by atoms with Crippen LogP contribution in [0.25, 0.3) is 0 Å². The maximum Gasteiger partial charge on any atom is 0.306 e. The number of hydrogen-bond acceptors (Lipinski definition) is 22. The monoisotopic (exact) mass is 1780 g/mol. The lowest BCUT2D eigenvalue weighted by atomic mass is 10.1. The molecule has 33 heteroatoms. The number of rotatable bonds is 23. The van der Waals surface area contributed by atoms with Crippen LogP contribution in [0.4, 0.5) is 45.5 Å². The Balaban J connectivity index is 0.000000249. The summed E-state index contributed by atoms with van der Waals surface area (Å²) in [6, 6.07) is 53.6. The van der Waals surface area contributed by atoms with E-state index in [9.17, 15) is 52.7 Å². The summed E-state index contributed by atoms with van der Waals surface area (Å²) in [6.07, 6.45) is 17.2. The zero-order valence-corrected chi connectivity index (χ0v) is 74.3. The number of ketones is 1. The second-order valence-corrected chi connectivity index (χ2v) is 31.1. The summed E-state index contributed by atoms with van der Waals surface area (Å²) in [5.74, 6) is -2.60. The van der Waals surface area contributed by atoms with Gasteiger partial charge in [0.25, 0.3) is 23.6 Å². The van der Waals surface area contributed by atoms with Gasteiger partial charge in [0.05, 0.1) is 95.6 Å². The number of amides is 7. The second-order valence-electron chi connectivity index (χ2n) is 31.1. The predicted octanol–water partition coefficient (Wildman–Crippen LogP) is 13.5. The summed E-state index contributed by atoms with van der Waals surface area (Å²) in [5, 5.41) is 19.8. The van der Waals surface area contributed by atoms with Gasteiger partial charge in [0.15, 0.2) is 5.78 Å². The number of pyridine rings is 4. The van der Waals surface area contributed by atoms with Crippen molar-refractivity contribution >= 4 is 148 Å². The maximum absolute atomic E-state index is 12.9. The van der Waals surface area contributed by atoms with E-state index in [-0.39, 0.29) is 135 Å². The molecule has 126 heavy (non-hydrogen) atoms. The first-order chi connectivity index (χ1) is 59.2. The lowest BCUT2D eigenvalue weighted by Gasteiger charge is -2.37. The summed E-state index contributed by atoms with van der Waals surface area (Å²) in [7, 11) is 0. The van der Waals surface area contributed by atoms with Crippen molar-refractivity contribution < 1.29 is 67.3 Å². The smallest absolute Gasteiger partial charge is 0.306 e. The number of Topliss-reactive ketones (excluding diaryl/α,β-unsaturated/α-hetero) is 1. The molecule has 4 saturated heterocycles. The molecule has 0 atom stereocenters. The Morgan fingerprint density at radius 2 is 0.611 bits per heavy atom. The molecule has 0 bridgehead atoms. The van der Waals surface area contributed by atoms with Crippen molar-refractivity contribution in [3.8, 4) is 0 Å². The van der Waals surface area contributed by atoms with Crippen LogP contribution in [0.15, 0.2) is 225 Å². The number of hydrogen-bond donors (Lipinski definition) is 6. The Bertz CT molecular complexity index is 4970. The van der Waals surface area contributed by atoms with Crippen molar-refractivity contribution in [2.24, 2.45) is 5.73 Å². The van der Waals surface area contributed by atoms with Gasteiger partial charge in [0.2, 0.25) is 17.7 Å². The van der Waals surface area contributed by atoms with Crippen LogP contribution in [0.3, 0.4) is 0 Å². The number of halogens is 3. The standard InChI is InChI=1S/C26H26N4O3.C24H30N4O4.C18H21N5O2.C17H19N3O.C8H14O4.3ClH/c31-24(20-7-2-1-3-8-20)12-13-25(32)30-17-15-29(16-18-30)23-11-5-4-10-22(23)26(33)28-21-9-6-14-27-19-21;1-24(2,3)32-22(30)11-10-21(29)28-15-13-27(14-16-28)20-9-5-4-8-19(20)23(31)26-18-7-6-12-25-17-18;19-12-17(24)23-10-8-22(9-11-23)16-6-2-1-5-15(16)18(25)21-14-4-3-7-20-13-14;21-17(19-14-7-6-10-18-13-14)15-8-2-3-9-16(15)20-11-4-1-5-12-20;1-8(2,3)12-7(11)5-4-6(9)10;;;/h1-11,14,19H,12-13,15-18H2,(H,28,33);4-9,12,17H,10-11,13-16H2,1-3H3,(H,26,31);1-7,13H,8-12,19H2,(H,21,25);2-3,6-10,13H,1,4-5,11-12H2,(H,19,21);4-5H2,1-3H3,(H,9,10);3*1H. The van der Waals surface area contributed by atoms with Crippen LogP contribution >= 0.6 is 37.2 Å². The fraction of sp³-hybridized carbons (Fsp3) is 0.344. The number of carbonyl (C=O) groups excluding carboxylic acids is 10. The molecule has 7 amide bonds. The third-order valence-corrected chi connectivity index (χ3v) is 19.7. The van der Waals surface area contributed by atoms with E-state index in [1.54, 1.807) is 173 Å². The highest BCUT2D eigenvalue weighted by Crippen LogP contribution is 2.29. The van der Waals surface area contributed by atoms with Gasteiger partial charge < -0.3 is 75.9 Å². The molecular formula is C93H113Cl3N16O14. The normalized spacial score (nSPS) is 13.4. The Labute approximate surface area is 754 Å². The van der Waals surface area contributed by atoms with E-state index < -0.39 is 23.1 Å². The number of piperazine rings is 3. The van der Waals surface area contributed by atoms with Gasteiger partial charge in [-0.25, -0.2) is 0 Å². The van der Waals surface area contributed by atoms with Gasteiger partial charge in [-0.3, -0.25) is 72.7 Å². The van der Waals surface area contributed by atoms with Gasteiger partial charge in [0.1, 0.15) is 11.2 Å². The molecule has 8 heterocycles. The summed E-state index contributed by atoms with van der Waals surface area (Å²) < 4.78 is 10.2. The van der Waals surface area contributed by atoms with Crippen LogP contribution in [0.5, 0.6) is 0 Å². The molecule has 30 nitrogen and oxygen atoms in total. The van der Waals surface area contributed by atoms with Crippen molar-refractivity contribution in [2.75, 3.05) is 139 Å². The molecule has 4 aliphatic rings. The zero-order valence-electron chi connectivity index (χ0n) is 71.8. The highest BCUT2D eigenvalue weighted by Gasteiger charge is 2.30. The average Bonchev–Trinajstić information content (AvgIpc) is 0.828. The molecule has 13 rings (SSSR count). The van der Waals surface area contributed by atoms with E-state index in [1.807, 2.05) is 109 Å². The molecule has 9 aromatic rings. The van der Waals surface area contributed by atoms with Gasteiger partial charge in [-0.1, -0.05) is 78.9 Å². The quantitative estimate of drug-likeness (QED) is 0.0256. The third kappa shape index (κ3) is 33.6. The molecule has 5 aromatic carbocycles. The number of nitrogens with one attached hydrogen (secondary N) is 4. The van der Waals surface area contributed by atoms with E-state index in [0.717, 1.165) is 47.1 Å². The highest BCUT2D eigenvalue weighted by molar-refractivity contribution is 6.11. The van der Waals surface area contributed by atoms with Gasteiger partial charge >= 0.3 is 17.9 Å². The van der Waals surface area contributed by atoms with Crippen LogP contribution in [-0.4, -0.2) is 214 Å². The van der Waals surface area contributed by atoms with Gasteiger partial charge in [-0.15, -0.1) is 37.2 Å². The molecule has 0 saturated carbocycles. The number of nitrogens with zero attached hydrogens (tertiary/aromatic N) is 11. The average molecular weight is 1790 g/mol. The van der Waals surface area contributed by atoms with Crippen LogP contribution in [0.1, 0.15) is 151 Å². The lowest BCUT2D eigenvalue weighted by molar-refractivity contribution is -0.157. The van der Waals surface area contributed by atoms with Crippen molar-refractivity contribution in [1.29, 1.82) is 0 Å². The number of aliphatic carboxylic acids is 1. The largest absolute Gasteiger partial charge is 0.481 e. The number of ether oxygens (including phenoxy) is 2. The maximum atomic E-state index is 12.9. The summed E-state index contributed by atoms with van der Waals surface area (Å²) >= 11 is 0. The number of para-hydroxylation sites is 4. The fourth-order valence-corrected chi connectivity index (χ4v) is 13.7. The Morgan fingerprint density at radius 3 is 0.897 bits per heavy atom. The third-order valence-electron chi connectivity index (χ3n) is 19.7. The SMILES string of the molecule is CC(C)(C)OC(=O)CCC(=O)N1CCN(c2ccccc2C(=O)Nc2cccnc2)CC1.CC(C)(C)OC(=O)CCC(=O)O.Cl.Cl.Cl.NCC(=O)N1CCN(c2ccccc2C(=O)Nc2cccnc2)CC1.O=C(CCC(=O)N1CCN(c2ccccc2C(=O)Nc2cccnc2)CC1)c1ccccc1.O=C(Nc1cccnc1)c1ccccc1N1CCCCC1. The number of aromatic nitrogens is 4. The number of benzene rings is 5. The minimum atomic E-state index is -0.985. The van der Waals surface area contributed by atoms with Crippen LogP contribution in [0, 0.1) is 0 Å². The van der Waals surface area contributed by atoms with Gasteiger partial charge in [-0.05, 0) is 158 Å². The van der Waals surface area contributed by atoms with E-state index in [4.69, 9.17) is 20.3 Å². The molecule has 0 aliphatic carbocycles. The molecule has 7 N–H and O–H groups in total. The van der Waals surface area contributed by atoms with E-state index >= 15 is 0 Å². The minimum absolute atomic E-state index is 0. The minimum Gasteiger partial charge on any atom is -0.481 e. The van der Waals surface area contributed by atoms with Gasteiger partial charge in [-0.2, -0.15) is 0 Å². The highest BCUT2D eigenvalue weighted by atomic mass is 35.5. The Hall–Kier alpha value is -12.9. The number of nitrogens with two attached hydrogens (primary N) is 1. The molecule has 4 aliphatic heterocycles. The zero-order chi connectivity index (χ0) is 88.1. The van der Waals surface area contributed by atoms with Crippen molar-refractivity contribution in [3.05, 3.63) is 253 Å². The van der Waals surface area contributed by atoms with E-state index in [0.29, 0.717) is 118 Å². The molecular weight excluding hydrogens is 1670 g/mol. The first kappa shape index (κ1) is 102.